The summed E-state index contributed by atoms with van der Waals surface area (Å²) in [6, 6.07) is 9.87. The lowest BCUT2D eigenvalue weighted by molar-refractivity contribution is 0.244. The van der Waals surface area contributed by atoms with Gasteiger partial charge >= 0.3 is 0 Å². The van der Waals surface area contributed by atoms with Gasteiger partial charge in [0.2, 0.25) is 0 Å². The third-order valence-corrected chi connectivity index (χ3v) is 5.16. The molecule has 6 heteroatoms. The molecule has 0 amide bonds. The van der Waals surface area contributed by atoms with Gasteiger partial charge in [-0.05, 0) is 42.9 Å². The van der Waals surface area contributed by atoms with Crippen LogP contribution in [0.15, 0.2) is 34.8 Å². The van der Waals surface area contributed by atoms with Crippen LogP contribution >= 0.6 is 50.5 Å². The number of hydrogen-bond acceptors (Lipinski definition) is 3. The average molecular weight is 394 g/mol. The lowest BCUT2D eigenvalue weighted by Crippen LogP contribution is -2.30. The smallest absolute Gasteiger partial charge is 0.0931 e. The van der Waals surface area contributed by atoms with Gasteiger partial charge in [0.15, 0.2) is 0 Å². The lowest BCUT2D eigenvalue weighted by atomic mass is 10.1. The highest BCUT2D eigenvalue weighted by molar-refractivity contribution is 9.10. The maximum Gasteiger partial charge on any atom is 0.0931 e. The fourth-order valence-corrected chi connectivity index (χ4v) is 3.88. The zero-order valence-electron chi connectivity index (χ0n) is 10.9. The Labute approximate surface area is 141 Å². The van der Waals surface area contributed by atoms with Crippen LogP contribution in [0.4, 0.5) is 0 Å². The number of nitrogens with zero attached hydrogens (tertiary/aromatic N) is 1. The first kappa shape index (κ1) is 16.3. The molecule has 1 atom stereocenters. The van der Waals surface area contributed by atoms with Crippen molar-refractivity contribution in [3.8, 4) is 0 Å². The summed E-state index contributed by atoms with van der Waals surface area (Å²) in [5.74, 6) is 0. The molecular formula is C14H15BrCl2N2S. The van der Waals surface area contributed by atoms with E-state index in [9.17, 15) is 0 Å². The molecule has 0 fully saturated rings. The van der Waals surface area contributed by atoms with Crippen molar-refractivity contribution in [3.05, 3.63) is 54.6 Å². The Morgan fingerprint density at radius 1 is 1.30 bits per heavy atom. The van der Waals surface area contributed by atoms with Crippen molar-refractivity contribution in [2.45, 2.75) is 12.6 Å². The molecule has 0 saturated carbocycles. The summed E-state index contributed by atoms with van der Waals surface area (Å²) < 4.78 is 1.81. The molecule has 0 saturated heterocycles. The van der Waals surface area contributed by atoms with Gasteiger partial charge in [-0.2, -0.15) is 0 Å². The summed E-state index contributed by atoms with van der Waals surface area (Å²) in [5.41, 5.74) is 6.98. The Balaban J connectivity index is 2.20. The van der Waals surface area contributed by atoms with Gasteiger partial charge in [0.25, 0.3) is 0 Å². The second kappa shape index (κ2) is 7.25. The minimum Gasteiger partial charge on any atom is -0.329 e. The Bertz CT molecular complexity index is 588. The summed E-state index contributed by atoms with van der Waals surface area (Å²) in [5, 5.41) is 0.736. The fourth-order valence-electron chi connectivity index (χ4n) is 2.11. The van der Waals surface area contributed by atoms with Crippen molar-refractivity contribution in [3.63, 3.8) is 0 Å². The maximum atomic E-state index is 6.30. The number of thiophene rings is 1. The van der Waals surface area contributed by atoms with Gasteiger partial charge in [-0.15, -0.1) is 11.3 Å². The molecule has 2 aromatic rings. The van der Waals surface area contributed by atoms with E-state index in [0.29, 0.717) is 6.54 Å². The van der Waals surface area contributed by atoms with E-state index in [-0.39, 0.29) is 6.04 Å². The number of likely N-dealkylation sites (N-methyl/N-ethyl adjacent to an activating group) is 1. The molecule has 20 heavy (non-hydrogen) atoms. The van der Waals surface area contributed by atoms with Crippen LogP contribution in [-0.2, 0) is 6.54 Å². The van der Waals surface area contributed by atoms with Crippen LogP contribution in [0.25, 0.3) is 0 Å². The monoisotopic (exact) mass is 392 g/mol. The van der Waals surface area contributed by atoms with Crippen molar-refractivity contribution < 1.29 is 0 Å². The third kappa shape index (κ3) is 3.97. The lowest BCUT2D eigenvalue weighted by Gasteiger charge is -2.27. The number of nitrogens with two attached hydrogens (primary N) is 1. The minimum absolute atomic E-state index is 0.0703. The highest BCUT2D eigenvalue weighted by atomic mass is 79.9. The zero-order valence-corrected chi connectivity index (χ0v) is 14.9. The van der Waals surface area contributed by atoms with E-state index in [1.807, 2.05) is 37.4 Å². The number of halogens is 3. The molecular weight excluding hydrogens is 379 g/mol. The second-order valence-corrected chi connectivity index (χ2v) is 7.66. The minimum atomic E-state index is 0.0703. The van der Waals surface area contributed by atoms with Gasteiger partial charge < -0.3 is 5.73 Å². The SMILES string of the molecule is CN(Cc1ccc(Cl)s1)C(CN)c1cc(Br)ccc1Cl. The first-order valence-electron chi connectivity index (χ1n) is 6.10. The molecule has 1 aromatic carbocycles. The summed E-state index contributed by atoms with van der Waals surface area (Å²) in [6.45, 7) is 1.30. The van der Waals surface area contributed by atoms with Gasteiger partial charge in [0.1, 0.15) is 0 Å². The second-order valence-electron chi connectivity index (χ2n) is 4.54. The molecule has 0 bridgehead atoms. The predicted octanol–water partition coefficient (Wildman–Crippen LogP) is 4.95. The van der Waals surface area contributed by atoms with Crippen LogP contribution < -0.4 is 5.73 Å². The van der Waals surface area contributed by atoms with Gasteiger partial charge in [-0.3, -0.25) is 4.90 Å². The van der Waals surface area contributed by atoms with E-state index < -0.39 is 0 Å². The average Bonchev–Trinajstić information content (AvgIpc) is 2.80. The van der Waals surface area contributed by atoms with Gasteiger partial charge in [0, 0.05) is 33.5 Å². The van der Waals surface area contributed by atoms with Crippen molar-refractivity contribution in [2.75, 3.05) is 13.6 Å². The predicted molar refractivity (Wildman–Crippen MR) is 91.7 cm³/mol. The van der Waals surface area contributed by atoms with E-state index >= 15 is 0 Å². The number of benzene rings is 1. The van der Waals surface area contributed by atoms with E-state index in [4.69, 9.17) is 28.9 Å². The van der Waals surface area contributed by atoms with Crippen molar-refractivity contribution in [1.29, 1.82) is 0 Å². The molecule has 108 valence electrons. The van der Waals surface area contributed by atoms with E-state index in [1.165, 1.54) is 4.88 Å². The third-order valence-electron chi connectivity index (χ3n) is 3.11. The number of hydrogen-bond donors (Lipinski definition) is 1. The molecule has 1 unspecified atom stereocenters. The molecule has 0 spiro atoms. The largest absolute Gasteiger partial charge is 0.329 e. The van der Waals surface area contributed by atoms with Crippen LogP contribution in [0, 0.1) is 0 Å². The fraction of sp³-hybridized carbons (Fsp3) is 0.286. The molecule has 0 aliphatic heterocycles. The molecule has 2 nitrogen and oxygen atoms in total. The van der Waals surface area contributed by atoms with E-state index in [2.05, 4.69) is 20.8 Å². The van der Waals surface area contributed by atoms with Crippen molar-refractivity contribution >= 4 is 50.5 Å². The molecule has 1 heterocycles. The normalized spacial score (nSPS) is 12.9. The van der Waals surface area contributed by atoms with Gasteiger partial charge in [-0.25, -0.2) is 0 Å². The molecule has 2 N–H and O–H groups in total. The van der Waals surface area contributed by atoms with Gasteiger partial charge in [0.05, 0.1) is 4.34 Å². The highest BCUT2D eigenvalue weighted by Crippen LogP contribution is 2.31. The van der Waals surface area contributed by atoms with Crippen LogP contribution in [-0.4, -0.2) is 18.5 Å². The molecule has 0 radical (unpaired) electrons. The van der Waals surface area contributed by atoms with Crippen LogP contribution in [0.2, 0.25) is 9.36 Å². The van der Waals surface area contributed by atoms with Crippen LogP contribution in [0.1, 0.15) is 16.5 Å². The quantitative estimate of drug-likeness (QED) is 0.778. The first-order valence-corrected chi connectivity index (χ1v) is 8.47. The Morgan fingerprint density at radius 3 is 2.65 bits per heavy atom. The number of rotatable bonds is 5. The Kier molecular flexibility index (Phi) is 5.90. The summed E-state index contributed by atoms with van der Waals surface area (Å²) in [7, 11) is 2.04. The molecule has 0 aliphatic rings. The maximum absolute atomic E-state index is 6.30. The van der Waals surface area contributed by atoms with Crippen LogP contribution in [0.3, 0.4) is 0 Å². The molecule has 0 aliphatic carbocycles. The van der Waals surface area contributed by atoms with E-state index in [0.717, 1.165) is 25.9 Å². The highest BCUT2D eigenvalue weighted by Gasteiger charge is 2.19. The van der Waals surface area contributed by atoms with Crippen LogP contribution in [0.5, 0.6) is 0 Å². The topological polar surface area (TPSA) is 29.3 Å². The zero-order chi connectivity index (χ0) is 14.7. The van der Waals surface area contributed by atoms with E-state index in [1.54, 1.807) is 11.3 Å². The molecule has 2 rings (SSSR count). The van der Waals surface area contributed by atoms with Gasteiger partial charge in [-0.1, -0.05) is 39.1 Å². The summed E-state index contributed by atoms with van der Waals surface area (Å²) in [6.07, 6.45) is 0. The molecule has 1 aromatic heterocycles. The summed E-state index contributed by atoms with van der Waals surface area (Å²) >= 11 is 17.3. The summed E-state index contributed by atoms with van der Waals surface area (Å²) in [4.78, 5) is 3.40. The Morgan fingerprint density at radius 2 is 2.05 bits per heavy atom. The Hall–Kier alpha value is -0.100. The van der Waals surface area contributed by atoms with Crippen molar-refractivity contribution in [1.82, 2.24) is 4.90 Å². The first-order chi connectivity index (χ1) is 9.51. The van der Waals surface area contributed by atoms with Crippen molar-refractivity contribution in [2.24, 2.45) is 5.73 Å². The standard InChI is InChI=1S/C14H15BrCl2N2S/c1-19(8-10-3-5-14(17)20-10)13(7-18)11-6-9(15)2-4-12(11)16/h2-6,13H,7-8,18H2,1H3.